The zero-order valence-electron chi connectivity index (χ0n) is 11.5. The van der Waals surface area contributed by atoms with Crippen molar-refractivity contribution < 1.29 is 14.6 Å². The lowest BCUT2D eigenvalue weighted by molar-refractivity contribution is 0.0697. The summed E-state index contributed by atoms with van der Waals surface area (Å²) in [6, 6.07) is 5.09. The Morgan fingerprint density at radius 1 is 1.55 bits per heavy atom. The third-order valence-electron chi connectivity index (χ3n) is 3.80. The molecule has 0 amide bonds. The van der Waals surface area contributed by atoms with Gasteiger partial charge in [-0.05, 0) is 31.0 Å². The molecule has 1 saturated heterocycles. The molecule has 1 aliphatic rings. The van der Waals surface area contributed by atoms with Gasteiger partial charge in [-0.1, -0.05) is 6.92 Å². The third-order valence-corrected chi connectivity index (χ3v) is 3.80. The van der Waals surface area contributed by atoms with Gasteiger partial charge < -0.3 is 14.4 Å². The van der Waals surface area contributed by atoms with Crippen LogP contribution < -0.4 is 0 Å². The molecule has 5 heteroatoms. The van der Waals surface area contributed by atoms with Crippen molar-refractivity contribution in [1.29, 1.82) is 0 Å². The number of carboxylic acids is 1. The smallest absolute Gasteiger partial charge is 0.335 e. The van der Waals surface area contributed by atoms with E-state index in [-0.39, 0.29) is 6.10 Å². The molecule has 1 fully saturated rings. The van der Waals surface area contributed by atoms with Crippen LogP contribution in [0, 0.1) is 0 Å². The van der Waals surface area contributed by atoms with E-state index in [0.717, 1.165) is 49.3 Å². The van der Waals surface area contributed by atoms with Crippen molar-refractivity contribution in [2.45, 2.75) is 38.8 Å². The maximum atomic E-state index is 11.1. The number of aromatic nitrogens is 2. The average Bonchev–Trinajstić information content (AvgIpc) is 3.06. The second-order valence-corrected chi connectivity index (χ2v) is 5.14. The number of aromatic carboxylic acids is 1. The Balaban J connectivity index is 2.05. The van der Waals surface area contributed by atoms with E-state index in [2.05, 4.69) is 16.5 Å². The van der Waals surface area contributed by atoms with Gasteiger partial charge in [-0.2, -0.15) is 0 Å². The second-order valence-electron chi connectivity index (χ2n) is 5.14. The lowest BCUT2D eigenvalue weighted by atomic mass is 10.2. The highest BCUT2D eigenvalue weighted by atomic mass is 16.5. The van der Waals surface area contributed by atoms with Crippen LogP contribution in [0.15, 0.2) is 18.2 Å². The number of ether oxygens (including phenoxy) is 1. The molecule has 0 bridgehead atoms. The summed E-state index contributed by atoms with van der Waals surface area (Å²) in [5, 5.41) is 9.13. The minimum Gasteiger partial charge on any atom is -0.478 e. The topological polar surface area (TPSA) is 64.3 Å². The number of nitrogens with zero attached hydrogens (tertiary/aromatic N) is 2. The molecule has 1 aromatic carbocycles. The fourth-order valence-electron chi connectivity index (χ4n) is 2.77. The molecular formula is C15H18N2O3. The predicted molar refractivity (Wildman–Crippen MR) is 75.0 cm³/mol. The molecule has 2 heterocycles. The molecule has 0 radical (unpaired) electrons. The Morgan fingerprint density at radius 2 is 2.40 bits per heavy atom. The van der Waals surface area contributed by atoms with Crippen LogP contribution in [0.2, 0.25) is 0 Å². The minimum absolute atomic E-state index is 0.214. The fourth-order valence-corrected chi connectivity index (χ4v) is 2.77. The predicted octanol–water partition coefficient (Wildman–Crippen LogP) is 2.48. The molecule has 1 N–H and O–H groups in total. The summed E-state index contributed by atoms with van der Waals surface area (Å²) in [5.74, 6) is 0.0767. The highest BCUT2D eigenvalue weighted by Gasteiger charge is 2.19. The van der Waals surface area contributed by atoms with Gasteiger partial charge in [0.15, 0.2) is 0 Å². The van der Waals surface area contributed by atoms with Gasteiger partial charge in [0.2, 0.25) is 0 Å². The van der Waals surface area contributed by atoms with Crippen LogP contribution in [0.3, 0.4) is 0 Å². The summed E-state index contributed by atoms with van der Waals surface area (Å²) < 4.78 is 7.80. The van der Waals surface area contributed by atoms with Crippen LogP contribution in [-0.2, 0) is 17.7 Å². The van der Waals surface area contributed by atoms with Gasteiger partial charge in [-0.15, -0.1) is 0 Å². The lowest BCUT2D eigenvalue weighted by Gasteiger charge is -2.13. The van der Waals surface area contributed by atoms with Crippen molar-refractivity contribution >= 4 is 17.0 Å². The monoisotopic (exact) mass is 274 g/mol. The van der Waals surface area contributed by atoms with Gasteiger partial charge in [0, 0.05) is 13.0 Å². The number of rotatable bonds is 4. The normalized spacial score (nSPS) is 18.8. The van der Waals surface area contributed by atoms with Crippen molar-refractivity contribution in [2.75, 3.05) is 6.61 Å². The van der Waals surface area contributed by atoms with Crippen molar-refractivity contribution in [3.05, 3.63) is 29.6 Å². The van der Waals surface area contributed by atoms with Gasteiger partial charge in [0.1, 0.15) is 5.82 Å². The van der Waals surface area contributed by atoms with Crippen LogP contribution >= 0.6 is 0 Å². The summed E-state index contributed by atoms with van der Waals surface area (Å²) in [6.45, 7) is 3.63. The molecule has 1 unspecified atom stereocenters. The zero-order valence-corrected chi connectivity index (χ0v) is 11.5. The SMILES string of the molecule is CCc1nc2ccc(C(=O)O)cc2n1CC1CCCO1. The number of aryl methyl sites for hydroxylation is 1. The molecule has 20 heavy (non-hydrogen) atoms. The van der Waals surface area contributed by atoms with E-state index < -0.39 is 5.97 Å². The van der Waals surface area contributed by atoms with Gasteiger partial charge >= 0.3 is 5.97 Å². The van der Waals surface area contributed by atoms with Gasteiger partial charge in [-0.25, -0.2) is 9.78 Å². The Kier molecular flexibility index (Phi) is 3.44. The van der Waals surface area contributed by atoms with Crippen LogP contribution in [0.5, 0.6) is 0 Å². The Labute approximate surface area is 117 Å². The number of imidazole rings is 1. The van der Waals surface area contributed by atoms with Crippen molar-refractivity contribution in [2.24, 2.45) is 0 Å². The van der Waals surface area contributed by atoms with Crippen LogP contribution in [0.1, 0.15) is 35.9 Å². The Morgan fingerprint density at radius 3 is 3.05 bits per heavy atom. The van der Waals surface area contributed by atoms with E-state index in [1.54, 1.807) is 18.2 Å². The molecule has 1 aromatic heterocycles. The van der Waals surface area contributed by atoms with E-state index in [4.69, 9.17) is 9.84 Å². The number of hydrogen-bond donors (Lipinski definition) is 1. The van der Waals surface area contributed by atoms with E-state index in [0.29, 0.717) is 5.56 Å². The molecule has 3 rings (SSSR count). The molecule has 106 valence electrons. The van der Waals surface area contributed by atoms with Gasteiger partial charge in [0.25, 0.3) is 0 Å². The first kappa shape index (κ1) is 13.1. The number of carboxylic acid groups (broad SMARTS) is 1. The molecule has 0 aliphatic carbocycles. The van der Waals surface area contributed by atoms with Gasteiger partial charge in [0.05, 0.1) is 29.2 Å². The molecule has 5 nitrogen and oxygen atoms in total. The van der Waals surface area contributed by atoms with Gasteiger partial charge in [-0.3, -0.25) is 0 Å². The van der Waals surface area contributed by atoms with Crippen molar-refractivity contribution in [3.63, 3.8) is 0 Å². The van der Waals surface area contributed by atoms with Crippen LogP contribution in [0.25, 0.3) is 11.0 Å². The quantitative estimate of drug-likeness (QED) is 0.930. The average molecular weight is 274 g/mol. The number of carbonyl (C=O) groups is 1. The summed E-state index contributed by atoms with van der Waals surface area (Å²) in [6.07, 6.45) is 3.19. The highest BCUT2D eigenvalue weighted by molar-refractivity contribution is 5.92. The molecule has 2 aromatic rings. The number of hydrogen-bond acceptors (Lipinski definition) is 3. The maximum absolute atomic E-state index is 11.1. The minimum atomic E-state index is -0.908. The first-order valence-electron chi connectivity index (χ1n) is 7.03. The summed E-state index contributed by atoms with van der Waals surface area (Å²) in [5.41, 5.74) is 2.04. The number of benzene rings is 1. The first-order valence-corrected chi connectivity index (χ1v) is 7.03. The van der Waals surface area contributed by atoms with Crippen LogP contribution in [-0.4, -0.2) is 33.3 Å². The van der Waals surface area contributed by atoms with E-state index in [9.17, 15) is 4.79 Å². The summed E-state index contributed by atoms with van der Waals surface area (Å²) >= 11 is 0. The molecule has 1 aliphatic heterocycles. The molecular weight excluding hydrogens is 256 g/mol. The standard InChI is InChI=1S/C15H18N2O3/c1-2-14-16-12-6-5-10(15(18)19)8-13(12)17(14)9-11-4-3-7-20-11/h5-6,8,11H,2-4,7,9H2,1H3,(H,18,19). The van der Waals surface area contributed by atoms with E-state index >= 15 is 0 Å². The summed E-state index contributed by atoms with van der Waals surface area (Å²) in [7, 11) is 0. The maximum Gasteiger partial charge on any atom is 0.335 e. The Hall–Kier alpha value is -1.88. The molecule has 1 atom stereocenters. The van der Waals surface area contributed by atoms with Crippen molar-refractivity contribution in [1.82, 2.24) is 9.55 Å². The van der Waals surface area contributed by atoms with Crippen LogP contribution in [0.4, 0.5) is 0 Å². The number of fused-ring (bicyclic) bond motifs is 1. The first-order chi connectivity index (χ1) is 9.69. The third kappa shape index (κ3) is 2.29. The molecule has 0 saturated carbocycles. The van der Waals surface area contributed by atoms with E-state index in [1.165, 1.54) is 0 Å². The zero-order chi connectivity index (χ0) is 14.1. The lowest BCUT2D eigenvalue weighted by Crippen LogP contribution is -2.16. The largest absolute Gasteiger partial charge is 0.478 e. The molecule has 0 spiro atoms. The van der Waals surface area contributed by atoms with E-state index in [1.807, 2.05) is 0 Å². The highest BCUT2D eigenvalue weighted by Crippen LogP contribution is 2.22. The summed E-state index contributed by atoms with van der Waals surface area (Å²) in [4.78, 5) is 15.7. The Bertz CT molecular complexity index is 642. The fraction of sp³-hybridized carbons (Fsp3) is 0.467. The van der Waals surface area contributed by atoms with Crippen molar-refractivity contribution in [3.8, 4) is 0 Å². The second kappa shape index (κ2) is 5.25.